The van der Waals surface area contributed by atoms with E-state index in [2.05, 4.69) is 22.4 Å². The first-order valence-corrected chi connectivity index (χ1v) is 11.2. The van der Waals surface area contributed by atoms with Gasteiger partial charge in [0.25, 0.3) is 0 Å². The second-order valence-electron chi connectivity index (χ2n) is 7.97. The number of hydrogen-bond acceptors (Lipinski definition) is 5. The molecule has 1 amide bonds. The zero-order valence-corrected chi connectivity index (χ0v) is 18.9. The average molecular weight is 459 g/mol. The van der Waals surface area contributed by atoms with E-state index in [0.29, 0.717) is 43.2 Å². The third-order valence-electron chi connectivity index (χ3n) is 5.83. The molecule has 2 N–H and O–H groups in total. The molecule has 0 bridgehead atoms. The number of fused-ring (bicyclic) bond motifs is 2. The van der Waals surface area contributed by atoms with Crippen molar-refractivity contribution in [2.45, 2.75) is 12.8 Å². The van der Waals surface area contributed by atoms with Crippen molar-refractivity contribution in [1.29, 1.82) is 0 Å². The molecule has 1 aromatic heterocycles. The molecule has 0 spiro atoms. The Labute approximate surface area is 197 Å². The van der Waals surface area contributed by atoms with Gasteiger partial charge in [-0.15, -0.1) is 0 Å². The molecule has 174 valence electrons. The Balaban J connectivity index is 1.19. The van der Waals surface area contributed by atoms with E-state index in [1.807, 2.05) is 48.5 Å². The predicted octanol–water partition coefficient (Wildman–Crippen LogP) is 4.70. The molecule has 1 aliphatic rings. The van der Waals surface area contributed by atoms with Gasteiger partial charge in [0.05, 0.1) is 13.7 Å². The van der Waals surface area contributed by atoms with Crippen molar-refractivity contribution in [3.05, 3.63) is 72.3 Å². The standard InChI is InChI=1S/C27H26N2O5/c1-31-19-8-6-18(7-9-19)27-22(21-4-2-3-5-23(21)29-27)11-13-26(30)28-14-15-32-20-10-12-24-25(16-20)34-17-33-24/h2-10,12,16,29H,11,13-15,17H2,1H3,(H,28,30). The summed E-state index contributed by atoms with van der Waals surface area (Å²) in [6.07, 6.45) is 1.01. The van der Waals surface area contributed by atoms with Gasteiger partial charge in [0.15, 0.2) is 11.5 Å². The van der Waals surface area contributed by atoms with Crippen LogP contribution in [0.5, 0.6) is 23.0 Å². The second kappa shape index (κ2) is 9.79. The van der Waals surface area contributed by atoms with Crippen LogP contribution in [-0.2, 0) is 11.2 Å². The zero-order chi connectivity index (χ0) is 23.3. The Morgan fingerprint density at radius 1 is 1.00 bits per heavy atom. The van der Waals surface area contributed by atoms with Gasteiger partial charge in [-0.2, -0.15) is 0 Å². The molecule has 34 heavy (non-hydrogen) atoms. The van der Waals surface area contributed by atoms with Crippen molar-refractivity contribution >= 4 is 16.8 Å². The average Bonchev–Trinajstić information content (AvgIpc) is 3.49. The number of H-pyrrole nitrogens is 1. The predicted molar refractivity (Wildman–Crippen MR) is 130 cm³/mol. The van der Waals surface area contributed by atoms with E-state index in [4.69, 9.17) is 18.9 Å². The van der Waals surface area contributed by atoms with E-state index >= 15 is 0 Å². The molecule has 0 atom stereocenters. The number of methoxy groups -OCH3 is 1. The van der Waals surface area contributed by atoms with Gasteiger partial charge in [0.1, 0.15) is 18.1 Å². The lowest BCUT2D eigenvalue weighted by atomic mass is 10.0. The molecule has 4 aromatic rings. The second-order valence-corrected chi connectivity index (χ2v) is 7.97. The lowest BCUT2D eigenvalue weighted by molar-refractivity contribution is -0.121. The number of benzene rings is 3. The molecule has 0 saturated carbocycles. The number of carbonyl (C=O) groups excluding carboxylic acids is 1. The summed E-state index contributed by atoms with van der Waals surface area (Å²) in [6.45, 7) is 1.02. The van der Waals surface area contributed by atoms with Crippen LogP contribution < -0.4 is 24.3 Å². The lowest BCUT2D eigenvalue weighted by Gasteiger charge is -2.09. The summed E-state index contributed by atoms with van der Waals surface area (Å²) in [5.41, 5.74) is 4.28. The first kappa shape index (κ1) is 21.7. The van der Waals surface area contributed by atoms with E-state index in [-0.39, 0.29) is 12.7 Å². The van der Waals surface area contributed by atoms with Crippen LogP contribution in [0.1, 0.15) is 12.0 Å². The molecule has 0 unspecified atom stereocenters. The SMILES string of the molecule is COc1ccc(-c2[nH]c3ccccc3c2CCC(=O)NCCOc2ccc3c(c2)OCO3)cc1. The number of amides is 1. The molecule has 7 nitrogen and oxygen atoms in total. The summed E-state index contributed by atoms with van der Waals surface area (Å²) in [4.78, 5) is 16.1. The van der Waals surface area contributed by atoms with E-state index in [9.17, 15) is 4.79 Å². The number of aromatic amines is 1. The minimum Gasteiger partial charge on any atom is -0.497 e. The van der Waals surface area contributed by atoms with Gasteiger partial charge < -0.3 is 29.2 Å². The number of aromatic nitrogens is 1. The Hall–Kier alpha value is -4.13. The molecule has 0 radical (unpaired) electrons. The first-order chi connectivity index (χ1) is 16.7. The number of carbonyl (C=O) groups is 1. The lowest BCUT2D eigenvalue weighted by Crippen LogP contribution is -2.28. The highest BCUT2D eigenvalue weighted by atomic mass is 16.7. The fourth-order valence-electron chi connectivity index (χ4n) is 4.12. The van der Waals surface area contributed by atoms with Crippen molar-refractivity contribution < 1.29 is 23.7 Å². The Morgan fingerprint density at radius 3 is 2.65 bits per heavy atom. The molecule has 1 aliphatic heterocycles. The van der Waals surface area contributed by atoms with E-state index < -0.39 is 0 Å². The van der Waals surface area contributed by atoms with E-state index in [1.165, 1.54) is 0 Å². The highest BCUT2D eigenvalue weighted by Crippen LogP contribution is 2.35. The first-order valence-electron chi connectivity index (χ1n) is 11.2. The van der Waals surface area contributed by atoms with Crippen LogP contribution in [0.2, 0.25) is 0 Å². The van der Waals surface area contributed by atoms with Crippen LogP contribution in [0, 0.1) is 0 Å². The van der Waals surface area contributed by atoms with Crippen molar-refractivity contribution in [3.8, 4) is 34.3 Å². The fourth-order valence-corrected chi connectivity index (χ4v) is 4.12. The number of para-hydroxylation sites is 1. The van der Waals surface area contributed by atoms with Crippen LogP contribution >= 0.6 is 0 Å². The third kappa shape index (κ3) is 4.64. The molecule has 0 saturated heterocycles. The molecule has 5 rings (SSSR count). The Morgan fingerprint density at radius 2 is 1.79 bits per heavy atom. The van der Waals surface area contributed by atoms with Gasteiger partial charge in [-0.1, -0.05) is 18.2 Å². The number of hydrogen-bond donors (Lipinski definition) is 2. The highest BCUT2D eigenvalue weighted by molar-refractivity contribution is 5.91. The quantitative estimate of drug-likeness (QED) is 0.355. The van der Waals surface area contributed by atoms with E-state index in [0.717, 1.165) is 33.5 Å². The summed E-state index contributed by atoms with van der Waals surface area (Å²) < 4.78 is 21.7. The van der Waals surface area contributed by atoms with Gasteiger partial charge in [-0.3, -0.25) is 4.79 Å². The van der Waals surface area contributed by atoms with E-state index in [1.54, 1.807) is 13.2 Å². The van der Waals surface area contributed by atoms with Gasteiger partial charge in [-0.25, -0.2) is 0 Å². The van der Waals surface area contributed by atoms with Crippen LogP contribution in [0.15, 0.2) is 66.7 Å². The van der Waals surface area contributed by atoms with Gasteiger partial charge in [-0.05, 0) is 60.0 Å². The third-order valence-corrected chi connectivity index (χ3v) is 5.83. The Bertz CT molecular complexity index is 1300. The summed E-state index contributed by atoms with van der Waals surface area (Å²) in [7, 11) is 1.65. The van der Waals surface area contributed by atoms with Gasteiger partial charge >= 0.3 is 0 Å². The van der Waals surface area contributed by atoms with Crippen molar-refractivity contribution in [3.63, 3.8) is 0 Å². The molecule has 3 aromatic carbocycles. The maximum absolute atomic E-state index is 12.5. The van der Waals surface area contributed by atoms with Crippen LogP contribution in [0.4, 0.5) is 0 Å². The van der Waals surface area contributed by atoms with Gasteiger partial charge in [0, 0.05) is 29.1 Å². The number of rotatable bonds is 9. The minimum absolute atomic E-state index is 0.0137. The molecular formula is C27H26N2O5. The summed E-state index contributed by atoms with van der Waals surface area (Å²) >= 11 is 0. The number of aryl methyl sites for hydroxylation is 1. The molecular weight excluding hydrogens is 432 g/mol. The molecule has 2 heterocycles. The fraction of sp³-hybridized carbons (Fsp3) is 0.222. The number of ether oxygens (including phenoxy) is 4. The Kier molecular flexibility index (Phi) is 6.25. The van der Waals surface area contributed by atoms with Gasteiger partial charge in [0.2, 0.25) is 12.7 Å². The molecule has 0 fully saturated rings. The largest absolute Gasteiger partial charge is 0.497 e. The van der Waals surface area contributed by atoms with Crippen molar-refractivity contribution in [1.82, 2.24) is 10.3 Å². The smallest absolute Gasteiger partial charge is 0.231 e. The van der Waals surface area contributed by atoms with Crippen LogP contribution in [-0.4, -0.2) is 37.9 Å². The molecule has 0 aliphatic carbocycles. The topological polar surface area (TPSA) is 81.8 Å². The van der Waals surface area contributed by atoms with Crippen LogP contribution in [0.25, 0.3) is 22.2 Å². The summed E-state index contributed by atoms with van der Waals surface area (Å²) in [6, 6.07) is 21.5. The summed E-state index contributed by atoms with van der Waals surface area (Å²) in [5, 5.41) is 4.08. The summed E-state index contributed by atoms with van der Waals surface area (Å²) in [5.74, 6) is 2.87. The maximum atomic E-state index is 12.5. The van der Waals surface area contributed by atoms with Crippen molar-refractivity contribution in [2.75, 3.05) is 27.1 Å². The normalized spacial score (nSPS) is 12.0. The highest BCUT2D eigenvalue weighted by Gasteiger charge is 2.15. The number of nitrogens with one attached hydrogen (secondary N) is 2. The monoisotopic (exact) mass is 458 g/mol. The molecule has 7 heteroatoms. The maximum Gasteiger partial charge on any atom is 0.231 e. The minimum atomic E-state index is -0.0137. The van der Waals surface area contributed by atoms with Crippen molar-refractivity contribution in [2.24, 2.45) is 0 Å². The van der Waals surface area contributed by atoms with Crippen LogP contribution in [0.3, 0.4) is 0 Å². The zero-order valence-electron chi connectivity index (χ0n) is 18.9.